The van der Waals surface area contributed by atoms with E-state index in [0.29, 0.717) is 24.9 Å². The van der Waals surface area contributed by atoms with Gasteiger partial charge in [0.1, 0.15) is 17.3 Å². The Bertz CT molecular complexity index is 426. The molecule has 0 spiro atoms. The predicted octanol–water partition coefficient (Wildman–Crippen LogP) is 1.77. The normalized spacial score (nSPS) is 24.4. The summed E-state index contributed by atoms with van der Waals surface area (Å²) in [6.07, 6.45) is 1.36. The number of β-amino-alcohol motifs (C(OH)–C–C–N with tert-alkyl or cyclic N) is 1. The van der Waals surface area contributed by atoms with E-state index in [1.54, 1.807) is 11.8 Å². The number of hydrogen-bond acceptors (Lipinski definition) is 3. The Morgan fingerprint density at radius 1 is 1.39 bits per heavy atom. The lowest BCUT2D eigenvalue weighted by molar-refractivity contribution is 0.0446. The fraction of sp³-hybridized carbons (Fsp3) is 0.538. The van der Waals surface area contributed by atoms with Gasteiger partial charge in [0.15, 0.2) is 0 Å². The second-order valence-corrected chi connectivity index (χ2v) is 5.13. The summed E-state index contributed by atoms with van der Waals surface area (Å²) in [4.78, 5) is 1.56. The molecule has 3 nitrogen and oxygen atoms in total. The van der Waals surface area contributed by atoms with Crippen molar-refractivity contribution in [3.05, 3.63) is 29.3 Å². The van der Waals surface area contributed by atoms with Gasteiger partial charge in [-0.05, 0) is 37.5 Å². The standard InChI is InChI=1S/C13H18F2N2O/c1-13(18)3-2-4-17(8-13)12-10(14)5-9(7-16)6-11(12)15/h5-6,18H,2-4,7-8,16H2,1H3. The molecule has 0 radical (unpaired) electrons. The van der Waals surface area contributed by atoms with Crippen LogP contribution in [0, 0.1) is 11.6 Å². The van der Waals surface area contributed by atoms with Gasteiger partial charge in [-0.2, -0.15) is 0 Å². The van der Waals surface area contributed by atoms with Gasteiger partial charge in [-0.15, -0.1) is 0 Å². The first-order valence-corrected chi connectivity index (χ1v) is 6.08. The summed E-state index contributed by atoms with van der Waals surface area (Å²) in [5.74, 6) is -1.23. The molecule has 0 saturated carbocycles. The summed E-state index contributed by atoms with van der Waals surface area (Å²) >= 11 is 0. The van der Waals surface area contributed by atoms with Crippen molar-refractivity contribution in [1.82, 2.24) is 0 Å². The van der Waals surface area contributed by atoms with Crippen molar-refractivity contribution in [2.45, 2.75) is 31.9 Å². The maximum absolute atomic E-state index is 13.9. The van der Waals surface area contributed by atoms with Gasteiger partial charge >= 0.3 is 0 Å². The summed E-state index contributed by atoms with van der Waals surface area (Å²) in [7, 11) is 0. The van der Waals surface area contributed by atoms with Crippen molar-refractivity contribution >= 4 is 5.69 Å². The van der Waals surface area contributed by atoms with Crippen molar-refractivity contribution in [1.29, 1.82) is 0 Å². The smallest absolute Gasteiger partial charge is 0.149 e. The van der Waals surface area contributed by atoms with E-state index < -0.39 is 17.2 Å². The third kappa shape index (κ3) is 2.62. The van der Waals surface area contributed by atoms with E-state index in [2.05, 4.69) is 0 Å². The number of nitrogens with zero attached hydrogens (tertiary/aromatic N) is 1. The molecule has 1 heterocycles. The Labute approximate surface area is 105 Å². The number of halogens is 2. The Hall–Kier alpha value is -1.20. The third-order valence-corrected chi connectivity index (χ3v) is 3.30. The van der Waals surface area contributed by atoms with E-state index in [1.807, 2.05) is 0 Å². The molecule has 1 saturated heterocycles. The average molecular weight is 256 g/mol. The van der Waals surface area contributed by atoms with E-state index in [1.165, 1.54) is 12.1 Å². The highest BCUT2D eigenvalue weighted by Crippen LogP contribution is 2.30. The molecule has 1 aliphatic heterocycles. The van der Waals surface area contributed by atoms with E-state index >= 15 is 0 Å². The van der Waals surface area contributed by atoms with E-state index in [-0.39, 0.29) is 18.8 Å². The topological polar surface area (TPSA) is 49.5 Å². The van der Waals surface area contributed by atoms with Crippen LogP contribution in [0.1, 0.15) is 25.3 Å². The minimum absolute atomic E-state index is 0.0628. The van der Waals surface area contributed by atoms with Crippen molar-refractivity contribution in [2.24, 2.45) is 5.73 Å². The maximum Gasteiger partial charge on any atom is 0.149 e. The molecule has 1 atom stereocenters. The highest BCUT2D eigenvalue weighted by atomic mass is 19.1. The van der Waals surface area contributed by atoms with Crippen molar-refractivity contribution < 1.29 is 13.9 Å². The maximum atomic E-state index is 13.9. The number of hydrogen-bond donors (Lipinski definition) is 2. The molecule has 0 aromatic heterocycles. The van der Waals surface area contributed by atoms with Crippen molar-refractivity contribution in [3.63, 3.8) is 0 Å². The van der Waals surface area contributed by atoms with Gasteiger partial charge in [-0.3, -0.25) is 0 Å². The average Bonchev–Trinajstić information content (AvgIpc) is 2.26. The molecule has 1 fully saturated rings. The van der Waals surface area contributed by atoms with E-state index in [0.717, 1.165) is 0 Å². The zero-order valence-electron chi connectivity index (χ0n) is 10.4. The number of aliphatic hydroxyl groups is 1. The number of piperidine rings is 1. The highest BCUT2D eigenvalue weighted by molar-refractivity contribution is 5.51. The number of anilines is 1. The Balaban J connectivity index is 2.33. The molecule has 1 aliphatic rings. The molecule has 5 heteroatoms. The molecule has 2 rings (SSSR count). The van der Waals surface area contributed by atoms with Crippen molar-refractivity contribution in [3.8, 4) is 0 Å². The third-order valence-electron chi connectivity index (χ3n) is 3.30. The first kappa shape index (κ1) is 13.2. The summed E-state index contributed by atoms with van der Waals surface area (Å²) in [6.45, 7) is 2.57. The Kier molecular flexibility index (Phi) is 3.54. The molecular formula is C13H18F2N2O. The molecule has 0 amide bonds. The summed E-state index contributed by atoms with van der Waals surface area (Å²) in [5.41, 5.74) is 4.84. The molecular weight excluding hydrogens is 238 g/mol. The Morgan fingerprint density at radius 2 is 2.00 bits per heavy atom. The Morgan fingerprint density at radius 3 is 2.50 bits per heavy atom. The molecule has 1 unspecified atom stereocenters. The lowest BCUT2D eigenvalue weighted by Gasteiger charge is -2.38. The summed E-state index contributed by atoms with van der Waals surface area (Å²) in [6, 6.07) is 2.50. The predicted molar refractivity (Wildman–Crippen MR) is 66.3 cm³/mol. The lowest BCUT2D eigenvalue weighted by atomic mass is 9.94. The molecule has 1 aromatic rings. The number of benzene rings is 1. The summed E-state index contributed by atoms with van der Waals surface area (Å²) in [5, 5.41) is 9.98. The number of nitrogens with two attached hydrogens (primary N) is 1. The van der Waals surface area contributed by atoms with Gasteiger partial charge in [0.2, 0.25) is 0 Å². The van der Waals surface area contributed by atoms with Crippen LogP contribution in [0.5, 0.6) is 0 Å². The quantitative estimate of drug-likeness (QED) is 0.848. The summed E-state index contributed by atoms with van der Waals surface area (Å²) < 4.78 is 27.8. The monoisotopic (exact) mass is 256 g/mol. The van der Waals surface area contributed by atoms with Crippen LogP contribution in [0.4, 0.5) is 14.5 Å². The minimum atomic E-state index is -0.899. The van der Waals surface area contributed by atoms with Gasteiger partial charge in [0, 0.05) is 19.6 Å². The second kappa shape index (κ2) is 4.82. The highest BCUT2D eigenvalue weighted by Gasteiger charge is 2.31. The van der Waals surface area contributed by atoms with Crippen LogP contribution in [-0.4, -0.2) is 23.8 Å². The first-order chi connectivity index (χ1) is 8.43. The van der Waals surface area contributed by atoms with Crippen LogP contribution < -0.4 is 10.6 Å². The van der Waals surface area contributed by atoms with Gasteiger partial charge in [-0.1, -0.05) is 0 Å². The lowest BCUT2D eigenvalue weighted by Crippen LogP contribution is -2.46. The van der Waals surface area contributed by atoms with Crippen LogP contribution in [0.3, 0.4) is 0 Å². The largest absolute Gasteiger partial charge is 0.388 e. The van der Waals surface area contributed by atoms with E-state index in [9.17, 15) is 13.9 Å². The van der Waals surface area contributed by atoms with Crippen LogP contribution in [0.15, 0.2) is 12.1 Å². The second-order valence-electron chi connectivity index (χ2n) is 5.13. The zero-order chi connectivity index (χ0) is 13.3. The molecule has 100 valence electrons. The molecule has 3 N–H and O–H groups in total. The molecule has 1 aromatic carbocycles. The van der Waals surface area contributed by atoms with Gasteiger partial charge in [0.25, 0.3) is 0 Å². The van der Waals surface area contributed by atoms with Crippen LogP contribution in [0.2, 0.25) is 0 Å². The zero-order valence-corrected chi connectivity index (χ0v) is 10.4. The van der Waals surface area contributed by atoms with Gasteiger partial charge in [0.05, 0.1) is 5.60 Å². The van der Waals surface area contributed by atoms with Crippen LogP contribution in [-0.2, 0) is 6.54 Å². The fourth-order valence-electron chi connectivity index (χ4n) is 2.45. The molecule has 0 aliphatic carbocycles. The van der Waals surface area contributed by atoms with E-state index in [4.69, 9.17) is 5.73 Å². The first-order valence-electron chi connectivity index (χ1n) is 6.08. The molecule has 18 heavy (non-hydrogen) atoms. The van der Waals surface area contributed by atoms with Gasteiger partial charge < -0.3 is 15.7 Å². The van der Waals surface area contributed by atoms with Crippen LogP contribution in [0.25, 0.3) is 0 Å². The van der Waals surface area contributed by atoms with Gasteiger partial charge in [-0.25, -0.2) is 8.78 Å². The number of rotatable bonds is 2. The minimum Gasteiger partial charge on any atom is -0.388 e. The SMILES string of the molecule is CC1(O)CCCN(c2c(F)cc(CN)cc2F)C1. The van der Waals surface area contributed by atoms with Crippen molar-refractivity contribution in [2.75, 3.05) is 18.0 Å². The van der Waals surface area contributed by atoms with Crippen LogP contribution >= 0.6 is 0 Å². The molecule has 0 bridgehead atoms. The fourth-order valence-corrected chi connectivity index (χ4v) is 2.45.